The van der Waals surface area contributed by atoms with Crippen molar-refractivity contribution in [1.29, 1.82) is 0 Å². The quantitative estimate of drug-likeness (QED) is 0.753. The highest BCUT2D eigenvalue weighted by Crippen LogP contribution is 2.24. The van der Waals surface area contributed by atoms with E-state index in [1.807, 2.05) is 42.8 Å². The topological polar surface area (TPSA) is 75.2 Å². The van der Waals surface area contributed by atoms with E-state index >= 15 is 0 Å². The molecule has 0 bridgehead atoms. The molecule has 0 saturated carbocycles. The minimum Gasteiger partial charge on any atom is -0.352 e. The van der Waals surface area contributed by atoms with Crippen LogP contribution in [-0.2, 0) is 18.4 Å². The SMILES string of the molecule is Cc1c(CNC(=O)N[C@@H](C)C(=O)NCCF)n(C)c2ccccc12. The number of aromatic nitrogens is 1. The lowest BCUT2D eigenvalue weighted by Crippen LogP contribution is -2.48. The number of hydrogen-bond donors (Lipinski definition) is 3. The highest BCUT2D eigenvalue weighted by atomic mass is 19.1. The molecule has 0 aliphatic heterocycles. The second-order valence-electron chi connectivity index (χ2n) is 5.68. The van der Waals surface area contributed by atoms with Gasteiger partial charge in [-0.1, -0.05) is 18.2 Å². The van der Waals surface area contributed by atoms with E-state index in [-0.39, 0.29) is 6.54 Å². The standard InChI is InChI=1S/C17H23FN4O2/c1-11-13-6-4-5-7-14(13)22(3)15(11)10-20-17(24)21-12(2)16(23)19-9-8-18/h4-7,12H,8-10H2,1-3H3,(H,19,23)(H2,20,21,24)/t12-/m0/s1. The molecule has 1 atom stereocenters. The van der Waals surface area contributed by atoms with Crippen LogP contribution in [-0.4, -0.2) is 35.8 Å². The van der Waals surface area contributed by atoms with E-state index in [1.165, 1.54) is 0 Å². The zero-order valence-corrected chi connectivity index (χ0v) is 14.1. The fraction of sp³-hybridized carbons (Fsp3) is 0.412. The minimum atomic E-state index is -0.731. The van der Waals surface area contributed by atoms with Crippen molar-refractivity contribution < 1.29 is 14.0 Å². The highest BCUT2D eigenvalue weighted by molar-refractivity contribution is 5.87. The maximum Gasteiger partial charge on any atom is 0.315 e. The van der Waals surface area contributed by atoms with Gasteiger partial charge in [-0.05, 0) is 25.5 Å². The molecule has 24 heavy (non-hydrogen) atoms. The summed E-state index contributed by atoms with van der Waals surface area (Å²) in [6.07, 6.45) is 0. The molecule has 0 aliphatic carbocycles. The molecule has 6 nitrogen and oxygen atoms in total. The summed E-state index contributed by atoms with van der Waals surface area (Å²) < 4.78 is 14.1. The normalized spacial score (nSPS) is 12.0. The van der Waals surface area contributed by atoms with E-state index in [4.69, 9.17) is 0 Å². The van der Waals surface area contributed by atoms with E-state index in [1.54, 1.807) is 6.92 Å². The first-order valence-electron chi connectivity index (χ1n) is 7.86. The molecule has 0 spiro atoms. The third kappa shape index (κ3) is 3.84. The number of nitrogens with zero attached hydrogens (tertiary/aromatic N) is 1. The first kappa shape index (κ1) is 17.8. The number of aryl methyl sites for hydroxylation is 2. The predicted molar refractivity (Wildman–Crippen MR) is 91.5 cm³/mol. The molecular formula is C17H23FN4O2. The number of fused-ring (bicyclic) bond motifs is 1. The molecule has 3 amide bonds. The number of amides is 3. The Kier molecular flexibility index (Phi) is 5.78. The number of rotatable bonds is 6. The van der Waals surface area contributed by atoms with Crippen LogP contribution in [0.15, 0.2) is 24.3 Å². The third-order valence-corrected chi connectivity index (χ3v) is 4.06. The van der Waals surface area contributed by atoms with Crippen molar-refractivity contribution in [2.24, 2.45) is 7.05 Å². The molecule has 0 aliphatic rings. The Morgan fingerprint density at radius 1 is 1.25 bits per heavy atom. The van der Waals surface area contributed by atoms with Gasteiger partial charge in [0.2, 0.25) is 5.91 Å². The lowest BCUT2D eigenvalue weighted by molar-refractivity contribution is -0.122. The number of benzene rings is 1. The summed E-state index contributed by atoms with van der Waals surface area (Å²) in [5, 5.41) is 8.83. The van der Waals surface area contributed by atoms with E-state index in [2.05, 4.69) is 16.0 Å². The average Bonchev–Trinajstić information content (AvgIpc) is 2.82. The Labute approximate surface area is 140 Å². The van der Waals surface area contributed by atoms with Gasteiger partial charge >= 0.3 is 6.03 Å². The first-order chi connectivity index (χ1) is 11.5. The molecule has 1 heterocycles. The zero-order valence-electron chi connectivity index (χ0n) is 14.1. The van der Waals surface area contributed by atoms with Crippen LogP contribution in [0.25, 0.3) is 10.9 Å². The molecule has 2 aromatic rings. The fourth-order valence-corrected chi connectivity index (χ4v) is 2.69. The van der Waals surface area contributed by atoms with E-state index in [0.29, 0.717) is 6.54 Å². The molecule has 130 valence electrons. The Morgan fingerprint density at radius 2 is 1.96 bits per heavy atom. The molecule has 1 aromatic heterocycles. The number of halogens is 1. The van der Waals surface area contributed by atoms with Gasteiger partial charge in [-0.25, -0.2) is 9.18 Å². The van der Waals surface area contributed by atoms with E-state index in [9.17, 15) is 14.0 Å². The van der Waals surface area contributed by atoms with Crippen molar-refractivity contribution in [3.63, 3.8) is 0 Å². The Hall–Kier alpha value is -2.57. The van der Waals surface area contributed by atoms with Gasteiger partial charge in [0.05, 0.1) is 6.54 Å². The number of carbonyl (C=O) groups excluding carboxylic acids is 2. The van der Waals surface area contributed by atoms with E-state index < -0.39 is 24.7 Å². The summed E-state index contributed by atoms with van der Waals surface area (Å²) in [7, 11) is 1.96. The number of urea groups is 1. The number of carbonyl (C=O) groups is 2. The van der Waals surface area contributed by atoms with Crippen LogP contribution in [0.3, 0.4) is 0 Å². The zero-order chi connectivity index (χ0) is 17.7. The van der Waals surface area contributed by atoms with Crippen LogP contribution in [0.2, 0.25) is 0 Å². The Bertz CT molecular complexity index is 703. The summed E-state index contributed by atoms with van der Waals surface area (Å²) in [6, 6.07) is 6.86. The van der Waals surface area contributed by atoms with Crippen LogP contribution < -0.4 is 16.0 Å². The number of nitrogens with one attached hydrogen (secondary N) is 3. The second-order valence-corrected chi connectivity index (χ2v) is 5.68. The van der Waals surface area contributed by atoms with Crippen LogP contribution in [0.4, 0.5) is 9.18 Å². The number of para-hydroxylation sites is 1. The minimum absolute atomic E-state index is 0.0540. The third-order valence-electron chi connectivity index (χ3n) is 4.06. The predicted octanol–water partition coefficient (Wildman–Crippen LogP) is 1.76. The number of alkyl halides is 1. The van der Waals surface area contributed by atoms with Crippen molar-refractivity contribution in [3.05, 3.63) is 35.5 Å². The van der Waals surface area contributed by atoms with Gasteiger partial charge in [0, 0.05) is 30.2 Å². The van der Waals surface area contributed by atoms with Gasteiger partial charge in [-0.15, -0.1) is 0 Å². The molecule has 0 saturated heterocycles. The number of hydrogen-bond acceptors (Lipinski definition) is 2. The largest absolute Gasteiger partial charge is 0.352 e. The van der Waals surface area contributed by atoms with Crippen molar-refractivity contribution in [2.45, 2.75) is 26.4 Å². The molecular weight excluding hydrogens is 311 g/mol. The van der Waals surface area contributed by atoms with Gasteiger partial charge in [-0.3, -0.25) is 4.79 Å². The summed E-state index contributed by atoms with van der Waals surface area (Å²) in [6.45, 7) is 3.23. The van der Waals surface area contributed by atoms with Gasteiger partial charge in [-0.2, -0.15) is 0 Å². The Morgan fingerprint density at radius 3 is 2.62 bits per heavy atom. The molecule has 1 aromatic carbocycles. The van der Waals surface area contributed by atoms with Crippen molar-refractivity contribution in [3.8, 4) is 0 Å². The first-order valence-corrected chi connectivity index (χ1v) is 7.86. The van der Waals surface area contributed by atoms with Gasteiger partial charge in [0.15, 0.2) is 0 Å². The lowest BCUT2D eigenvalue weighted by Gasteiger charge is -2.15. The molecule has 0 unspecified atom stereocenters. The van der Waals surface area contributed by atoms with Gasteiger partial charge in [0.25, 0.3) is 0 Å². The summed E-state index contributed by atoms with van der Waals surface area (Å²) in [4.78, 5) is 23.6. The van der Waals surface area contributed by atoms with Gasteiger partial charge < -0.3 is 20.5 Å². The monoisotopic (exact) mass is 334 g/mol. The maximum atomic E-state index is 12.0. The molecule has 2 rings (SSSR count). The summed E-state index contributed by atoms with van der Waals surface area (Å²) >= 11 is 0. The van der Waals surface area contributed by atoms with Crippen molar-refractivity contribution in [1.82, 2.24) is 20.5 Å². The van der Waals surface area contributed by atoms with Crippen LogP contribution in [0.1, 0.15) is 18.2 Å². The molecule has 0 fully saturated rings. The van der Waals surface area contributed by atoms with Crippen LogP contribution >= 0.6 is 0 Å². The van der Waals surface area contributed by atoms with Crippen LogP contribution in [0, 0.1) is 6.92 Å². The van der Waals surface area contributed by atoms with Crippen molar-refractivity contribution in [2.75, 3.05) is 13.2 Å². The van der Waals surface area contributed by atoms with Crippen molar-refractivity contribution >= 4 is 22.8 Å². The molecule has 7 heteroatoms. The average molecular weight is 334 g/mol. The lowest BCUT2D eigenvalue weighted by atomic mass is 10.1. The fourth-order valence-electron chi connectivity index (χ4n) is 2.69. The second kappa shape index (κ2) is 7.81. The van der Waals surface area contributed by atoms with Crippen LogP contribution in [0.5, 0.6) is 0 Å². The highest BCUT2D eigenvalue weighted by Gasteiger charge is 2.16. The molecule has 0 radical (unpaired) electrons. The van der Waals surface area contributed by atoms with Gasteiger partial charge in [0.1, 0.15) is 12.7 Å². The smallest absolute Gasteiger partial charge is 0.315 e. The maximum absolute atomic E-state index is 12.0. The summed E-state index contributed by atoms with van der Waals surface area (Å²) in [5.74, 6) is -0.413. The summed E-state index contributed by atoms with van der Waals surface area (Å²) in [5.41, 5.74) is 3.22. The Balaban J connectivity index is 1.96. The van der Waals surface area contributed by atoms with E-state index in [0.717, 1.165) is 22.2 Å². The molecule has 3 N–H and O–H groups in total.